The van der Waals surface area contributed by atoms with E-state index in [1.807, 2.05) is 0 Å². The van der Waals surface area contributed by atoms with Gasteiger partial charge in [-0.2, -0.15) is 5.10 Å². The van der Waals surface area contributed by atoms with Crippen LogP contribution in [0.1, 0.15) is 24.5 Å². The first-order valence-corrected chi connectivity index (χ1v) is 11.2. The Labute approximate surface area is 172 Å². The van der Waals surface area contributed by atoms with Gasteiger partial charge in [-0.25, -0.2) is 18.2 Å². The quantitative estimate of drug-likeness (QED) is 0.748. The van der Waals surface area contributed by atoms with Gasteiger partial charge in [0.05, 0.1) is 0 Å². The maximum absolute atomic E-state index is 14.5. The molecule has 1 spiro atoms. The molecule has 2 aliphatic heterocycles. The highest BCUT2D eigenvalue weighted by atomic mass is 32.2. The zero-order valence-corrected chi connectivity index (χ0v) is 17.4. The van der Waals surface area contributed by atoms with Crippen molar-refractivity contribution in [3.63, 3.8) is 0 Å². The average molecular weight is 437 g/mol. The van der Waals surface area contributed by atoms with Gasteiger partial charge in [-0.15, -0.1) is 0 Å². The zero-order valence-electron chi connectivity index (χ0n) is 15.6. The summed E-state index contributed by atoms with van der Waals surface area (Å²) in [5.74, 6) is -2.12. The molecule has 4 nitrogen and oxygen atoms in total. The smallest absolute Gasteiger partial charge is 0.241 e. The summed E-state index contributed by atoms with van der Waals surface area (Å²) in [7, 11) is 0.439. The van der Waals surface area contributed by atoms with Crippen LogP contribution in [0, 0.1) is 23.4 Å². The lowest BCUT2D eigenvalue weighted by Gasteiger charge is -2.45. The van der Waals surface area contributed by atoms with Crippen LogP contribution in [0.4, 0.5) is 13.2 Å². The van der Waals surface area contributed by atoms with Gasteiger partial charge < -0.3 is 5.73 Å². The van der Waals surface area contributed by atoms with Crippen LogP contribution in [0.5, 0.6) is 0 Å². The van der Waals surface area contributed by atoms with E-state index in [0.717, 1.165) is 29.7 Å². The van der Waals surface area contributed by atoms with Crippen molar-refractivity contribution in [3.8, 4) is 0 Å². The first kappa shape index (κ1) is 20.4. The molecule has 0 radical (unpaired) electrons. The Morgan fingerprint density at radius 2 is 2.00 bits per heavy atom. The molecule has 2 heterocycles. The van der Waals surface area contributed by atoms with Gasteiger partial charge in [0.1, 0.15) is 27.4 Å². The van der Waals surface area contributed by atoms with Gasteiger partial charge in [0.15, 0.2) is 0 Å². The summed E-state index contributed by atoms with van der Waals surface area (Å²) >= 11 is 1.18. The first-order valence-electron chi connectivity index (χ1n) is 9.14. The largest absolute Gasteiger partial charge is 0.330 e. The van der Waals surface area contributed by atoms with E-state index >= 15 is 0 Å². The minimum Gasteiger partial charge on any atom is -0.330 e. The summed E-state index contributed by atoms with van der Waals surface area (Å²) in [5.41, 5.74) is 6.47. The predicted octanol–water partition coefficient (Wildman–Crippen LogP) is 3.50. The highest BCUT2D eigenvalue weighted by Gasteiger charge is 2.55. The number of thioether (sulfide) groups is 1. The molecule has 4 rings (SSSR count). The van der Waals surface area contributed by atoms with Crippen molar-refractivity contribution in [2.75, 3.05) is 12.7 Å². The summed E-state index contributed by atoms with van der Waals surface area (Å²) in [6, 6.07) is 7.67. The third-order valence-corrected chi connectivity index (χ3v) is 8.24. The van der Waals surface area contributed by atoms with Gasteiger partial charge in [-0.3, -0.25) is 4.79 Å². The molecule has 29 heavy (non-hydrogen) atoms. The van der Waals surface area contributed by atoms with Crippen LogP contribution < -0.4 is 11.0 Å². The summed E-state index contributed by atoms with van der Waals surface area (Å²) in [4.78, 5) is 11.6. The second-order valence-electron chi connectivity index (χ2n) is 7.00. The molecule has 0 aliphatic carbocycles. The Morgan fingerprint density at radius 3 is 2.72 bits per heavy atom. The Kier molecular flexibility index (Phi) is 5.44. The summed E-state index contributed by atoms with van der Waals surface area (Å²) in [6.07, 6.45) is 1.34. The standard InChI is InChI=1S/C20H19F3N3OPS/c1-11(27)26-20(29-19(25-26)15-8-13(21)2-4-17(15)23)12(6-7-24)10-28-18-5-3-14(22)9-16(18)20/h2-5,8-9,12,28H,6-7,10,24H2,1H3/t12-,20?/m0/s1. The van der Waals surface area contributed by atoms with Gasteiger partial charge in [-0.05, 0) is 54.8 Å². The van der Waals surface area contributed by atoms with Crippen LogP contribution in [-0.2, 0) is 9.67 Å². The molecule has 1 amide bonds. The summed E-state index contributed by atoms with van der Waals surface area (Å²) in [5, 5.41) is 6.83. The first-order chi connectivity index (χ1) is 13.9. The number of hydrogen-bond acceptors (Lipinski definition) is 4. The number of amides is 1. The molecule has 2 unspecified atom stereocenters. The van der Waals surface area contributed by atoms with E-state index < -0.39 is 22.3 Å². The van der Waals surface area contributed by atoms with Crippen molar-refractivity contribution in [2.45, 2.75) is 18.2 Å². The van der Waals surface area contributed by atoms with Gasteiger partial charge >= 0.3 is 0 Å². The Balaban J connectivity index is 1.91. The van der Waals surface area contributed by atoms with Crippen molar-refractivity contribution >= 4 is 36.6 Å². The van der Waals surface area contributed by atoms with Crippen LogP contribution in [0.2, 0.25) is 0 Å². The summed E-state index contributed by atoms with van der Waals surface area (Å²) < 4.78 is 42.5. The molecule has 152 valence electrons. The lowest BCUT2D eigenvalue weighted by atomic mass is 9.89. The molecule has 2 aromatic rings. The normalized spacial score (nSPS) is 24.1. The number of fused-ring (bicyclic) bond motifs is 2. The zero-order chi connectivity index (χ0) is 20.8. The van der Waals surface area contributed by atoms with Crippen molar-refractivity contribution in [1.29, 1.82) is 0 Å². The topological polar surface area (TPSA) is 58.7 Å². The fourth-order valence-electron chi connectivity index (χ4n) is 3.93. The third kappa shape index (κ3) is 3.37. The fraction of sp³-hybridized carbons (Fsp3) is 0.300. The molecule has 0 bridgehead atoms. The van der Waals surface area contributed by atoms with Crippen LogP contribution in [0.25, 0.3) is 0 Å². The number of halogens is 3. The predicted molar refractivity (Wildman–Crippen MR) is 111 cm³/mol. The van der Waals surface area contributed by atoms with Gasteiger partial charge in [0.2, 0.25) is 5.91 Å². The van der Waals surface area contributed by atoms with E-state index in [9.17, 15) is 18.0 Å². The van der Waals surface area contributed by atoms with Crippen molar-refractivity contribution < 1.29 is 18.0 Å². The van der Waals surface area contributed by atoms with Gasteiger partial charge in [-0.1, -0.05) is 26.4 Å². The molecule has 3 atom stereocenters. The van der Waals surface area contributed by atoms with Crippen LogP contribution in [0.3, 0.4) is 0 Å². The van der Waals surface area contributed by atoms with Crippen LogP contribution >= 0.6 is 20.3 Å². The fourth-order valence-corrected chi connectivity index (χ4v) is 7.38. The number of hydrogen-bond donors (Lipinski definition) is 1. The molecule has 2 N–H and O–H groups in total. The Morgan fingerprint density at radius 1 is 1.28 bits per heavy atom. The molecular weight excluding hydrogens is 418 g/mol. The lowest BCUT2D eigenvalue weighted by Crippen LogP contribution is -2.51. The number of carbonyl (C=O) groups excluding carboxylic acids is 1. The molecule has 0 saturated heterocycles. The number of hydrazone groups is 1. The second-order valence-corrected chi connectivity index (χ2v) is 9.52. The highest BCUT2D eigenvalue weighted by Crippen LogP contribution is 2.56. The van der Waals surface area contributed by atoms with Crippen molar-refractivity contribution in [3.05, 3.63) is 65.0 Å². The molecule has 2 aliphatic rings. The monoisotopic (exact) mass is 437 g/mol. The number of nitrogens with zero attached hydrogens (tertiary/aromatic N) is 2. The molecule has 0 aromatic heterocycles. The van der Waals surface area contributed by atoms with Crippen LogP contribution in [0.15, 0.2) is 41.5 Å². The molecule has 2 aromatic carbocycles. The SMILES string of the molecule is CC(=O)N1N=C(c2cc(F)ccc2F)SC12c1cc(F)ccc1PC[C@@H]2CCN. The van der Waals surface area contributed by atoms with Crippen LogP contribution in [-0.4, -0.2) is 28.7 Å². The molecule has 0 fully saturated rings. The number of benzene rings is 2. The summed E-state index contributed by atoms with van der Waals surface area (Å²) in [6.45, 7) is 1.75. The number of rotatable bonds is 3. The molecule has 0 saturated carbocycles. The van der Waals surface area contributed by atoms with E-state index in [1.165, 1.54) is 35.8 Å². The van der Waals surface area contributed by atoms with E-state index in [1.54, 1.807) is 6.07 Å². The highest BCUT2D eigenvalue weighted by molar-refractivity contribution is 8.15. The van der Waals surface area contributed by atoms with Crippen molar-refractivity contribution in [1.82, 2.24) is 5.01 Å². The van der Waals surface area contributed by atoms with E-state index in [-0.39, 0.29) is 22.4 Å². The number of nitrogens with two attached hydrogens (primary N) is 1. The van der Waals surface area contributed by atoms with Gasteiger partial charge in [0.25, 0.3) is 0 Å². The average Bonchev–Trinajstić information content (AvgIpc) is 3.08. The second kappa shape index (κ2) is 7.74. The molecule has 9 heteroatoms. The lowest BCUT2D eigenvalue weighted by molar-refractivity contribution is -0.133. The maximum Gasteiger partial charge on any atom is 0.241 e. The minimum atomic E-state index is -1.04. The van der Waals surface area contributed by atoms with E-state index in [2.05, 4.69) is 5.10 Å². The Bertz CT molecular complexity index is 1020. The maximum atomic E-state index is 14.5. The Hall–Kier alpha value is -1.89. The third-order valence-electron chi connectivity index (χ3n) is 5.19. The number of carbonyl (C=O) groups is 1. The van der Waals surface area contributed by atoms with Gasteiger partial charge in [0, 0.05) is 24.0 Å². The van der Waals surface area contributed by atoms with Crippen molar-refractivity contribution in [2.24, 2.45) is 16.8 Å². The molecular formula is C20H19F3N3OPS. The van der Waals surface area contributed by atoms with E-state index in [0.29, 0.717) is 27.1 Å². The minimum absolute atomic E-state index is 0.0180. The van der Waals surface area contributed by atoms with E-state index in [4.69, 9.17) is 5.73 Å².